The fourth-order valence-corrected chi connectivity index (χ4v) is 5.95. The number of benzene rings is 4. The van der Waals surface area contributed by atoms with Crippen molar-refractivity contribution in [3.8, 4) is 11.1 Å². The van der Waals surface area contributed by atoms with E-state index in [1.54, 1.807) is 0 Å². The summed E-state index contributed by atoms with van der Waals surface area (Å²) in [5, 5.41) is 1.72. The highest BCUT2D eigenvalue weighted by molar-refractivity contribution is 5.90. The highest BCUT2D eigenvalue weighted by atomic mass is 16.4. The summed E-state index contributed by atoms with van der Waals surface area (Å²) in [4.78, 5) is 23.7. The highest BCUT2D eigenvalue weighted by Gasteiger charge is 2.46. The van der Waals surface area contributed by atoms with Gasteiger partial charge in [-0.3, -0.25) is 0 Å². The van der Waals surface area contributed by atoms with Crippen LogP contribution in [0.3, 0.4) is 0 Å². The van der Waals surface area contributed by atoms with Gasteiger partial charge in [0.2, 0.25) is 0 Å². The van der Waals surface area contributed by atoms with Gasteiger partial charge in [0.15, 0.2) is 0 Å². The van der Waals surface area contributed by atoms with Gasteiger partial charge < -0.3 is 8.83 Å². The van der Waals surface area contributed by atoms with E-state index >= 15 is 0 Å². The first kappa shape index (κ1) is 21.6. The van der Waals surface area contributed by atoms with Gasteiger partial charge in [-0.25, -0.2) is 9.59 Å². The van der Waals surface area contributed by atoms with Gasteiger partial charge in [0.05, 0.1) is 5.41 Å². The van der Waals surface area contributed by atoms with Crippen LogP contribution in [0.2, 0.25) is 0 Å². The van der Waals surface area contributed by atoms with Crippen LogP contribution in [-0.4, -0.2) is 0 Å². The molecule has 0 unspecified atom stereocenters. The van der Waals surface area contributed by atoms with Crippen LogP contribution >= 0.6 is 0 Å². The lowest BCUT2D eigenvalue weighted by Crippen LogP contribution is -2.29. The Bertz CT molecular complexity index is 1860. The molecule has 0 spiro atoms. The molecule has 37 heavy (non-hydrogen) atoms. The Hall–Kier alpha value is -4.70. The van der Waals surface area contributed by atoms with Gasteiger partial charge in [-0.2, -0.15) is 0 Å². The minimum atomic E-state index is -0.628. The molecule has 0 saturated heterocycles. The molecular weight excluding hydrogens is 460 g/mol. The van der Waals surface area contributed by atoms with Crippen molar-refractivity contribution >= 4 is 21.9 Å². The van der Waals surface area contributed by atoms with Gasteiger partial charge in [-0.15, -0.1) is 0 Å². The van der Waals surface area contributed by atoms with E-state index in [1.807, 2.05) is 24.3 Å². The van der Waals surface area contributed by atoms with Crippen molar-refractivity contribution < 1.29 is 8.83 Å². The lowest BCUT2D eigenvalue weighted by atomic mass is 9.67. The molecular formula is C33H22O4. The third-order valence-corrected chi connectivity index (χ3v) is 7.55. The first-order valence-electron chi connectivity index (χ1n) is 12.2. The van der Waals surface area contributed by atoms with Gasteiger partial charge in [0.1, 0.15) is 11.2 Å². The second kappa shape index (κ2) is 7.65. The molecule has 0 radical (unpaired) electrons. The van der Waals surface area contributed by atoms with E-state index in [4.69, 9.17) is 8.83 Å². The first-order valence-corrected chi connectivity index (χ1v) is 12.2. The third kappa shape index (κ3) is 3.09. The summed E-state index contributed by atoms with van der Waals surface area (Å²) in [6.07, 6.45) is 0. The zero-order valence-electron chi connectivity index (χ0n) is 20.4. The maximum absolute atomic E-state index is 11.9. The minimum Gasteiger partial charge on any atom is -0.423 e. The Morgan fingerprint density at radius 1 is 0.514 bits per heavy atom. The zero-order valence-corrected chi connectivity index (χ0v) is 20.4. The standard InChI is InChI=1S/C33H22O4/c1-19-3-9-25-26-10-4-20(2)16-28(26)33(27(25)15-19,23-7-11-29-21(17-23)5-13-31(34)36-29)24-8-12-30-22(18-24)6-14-32(35)37-30/h3-18H,1-2H3. The zero-order chi connectivity index (χ0) is 25.3. The molecule has 0 aliphatic heterocycles. The quantitative estimate of drug-likeness (QED) is 0.252. The third-order valence-electron chi connectivity index (χ3n) is 7.55. The molecule has 4 heteroatoms. The van der Waals surface area contributed by atoms with E-state index in [1.165, 1.54) is 45.5 Å². The van der Waals surface area contributed by atoms with E-state index in [0.717, 1.165) is 21.9 Å². The summed E-state index contributed by atoms with van der Waals surface area (Å²) < 4.78 is 10.9. The van der Waals surface area contributed by atoms with Gasteiger partial charge in [-0.05, 0) is 83.6 Å². The minimum absolute atomic E-state index is 0.367. The number of fused-ring (bicyclic) bond motifs is 5. The molecule has 7 rings (SSSR count). The molecule has 1 aliphatic carbocycles. The molecule has 0 N–H and O–H groups in total. The molecule has 0 fully saturated rings. The predicted molar refractivity (Wildman–Crippen MR) is 145 cm³/mol. The van der Waals surface area contributed by atoms with E-state index in [-0.39, 0.29) is 11.3 Å². The van der Waals surface area contributed by atoms with Crippen LogP contribution in [0.4, 0.5) is 0 Å². The lowest BCUT2D eigenvalue weighted by molar-refractivity contribution is 0.560. The van der Waals surface area contributed by atoms with Crippen molar-refractivity contribution in [1.29, 1.82) is 0 Å². The van der Waals surface area contributed by atoms with Crippen molar-refractivity contribution in [2.75, 3.05) is 0 Å². The van der Waals surface area contributed by atoms with Crippen LogP contribution < -0.4 is 11.3 Å². The van der Waals surface area contributed by atoms with E-state index in [0.29, 0.717) is 11.2 Å². The molecule has 4 aromatic carbocycles. The van der Waals surface area contributed by atoms with Crippen LogP contribution in [0.1, 0.15) is 33.4 Å². The Morgan fingerprint density at radius 3 is 1.43 bits per heavy atom. The van der Waals surface area contributed by atoms with Gasteiger partial charge >= 0.3 is 11.3 Å². The average molecular weight is 483 g/mol. The molecule has 4 nitrogen and oxygen atoms in total. The second-order valence-corrected chi connectivity index (χ2v) is 9.86. The normalized spacial score (nSPS) is 13.6. The van der Waals surface area contributed by atoms with Crippen molar-refractivity contribution in [1.82, 2.24) is 0 Å². The topological polar surface area (TPSA) is 60.4 Å². The van der Waals surface area contributed by atoms with E-state index < -0.39 is 5.41 Å². The highest BCUT2D eigenvalue weighted by Crippen LogP contribution is 2.57. The Morgan fingerprint density at radius 2 is 0.973 bits per heavy atom. The van der Waals surface area contributed by atoms with Crippen molar-refractivity contribution in [3.63, 3.8) is 0 Å². The van der Waals surface area contributed by atoms with Crippen LogP contribution in [0.15, 0.2) is 115 Å². The molecule has 2 aromatic heterocycles. The molecule has 0 saturated carbocycles. The largest absolute Gasteiger partial charge is 0.423 e. The van der Waals surface area contributed by atoms with Crippen LogP contribution in [0.25, 0.3) is 33.1 Å². The molecule has 1 aliphatic rings. The van der Waals surface area contributed by atoms with Crippen molar-refractivity contribution in [2.24, 2.45) is 0 Å². The summed E-state index contributed by atoms with van der Waals surface area (Å²) in [6, 6.07) is 32.0. The molecule has 0 atom stereocenters. The number of hydrogen-bond donors (Lipinski definition) is 0. The van der Waals surface area contributed by atoms with E-state index in [9.17, 15) is 9.59 Å². The Kier molecular flexibility index (Phi) is 4.46. The summed E-state index contributed by atoms with van der Waals surface area (Å²) in [6.45, 7) is 4.23. The first-order chi connectivity index (χ1) is 17.9. The average Bonchev–Trinajstić information content (AvgIpc) is 3.17. The number of aryl methyl sites for hydroxylation is 2. The fourth-order valence-electron chi connectivity index (χ4n) is 5.95. The molecule has 2 heterocycles. The van der Waals surface area contributed by atoms with Crippen molar-refractivity contribution in [3.05, 3.63) is 151 Å². The summed E-state index contributed by atoms with van der Waals surface area (Å²) in [5.74, 6) is 0. The molecule has 0 bridgehead atoms. The smallest absolute Gasteiger partial charge is 0.336 e. The monoisotopic (exact) mass is 482 g/mol. The Balaban J connectivity index is 1.66. The summed E-state index contributed by atoms with van der Waals surface area (Å²) in [7, 11) is 0. The fraction of sp³-hybridized carbons (Fsp3) is 0.0909. The summed E-state index contributed by atoms with van der Waals surface area (Å²) >= 11 is 0. The number of rotatable bonds is 2. The second-order valence-electron chi connectivity index (χ2n) is 9.86. The summed E-state index contributed by atoms with van der Waals surface area (Å²) in [5.41, 5.74) is 9.01. The van der Waals surface area contributed by atoms with Crippen LogP contribution in [0.5, 0.6) is 0 Å². The molecule has 178 valence electrons. The Labute approximate surface area is 212 Å². The van der Waals surface area contributed by atoms with Crippen LogP contribution in [-0.2, 0) is 5.41 Å². The van der Waals surface area contributed by atoms with E-state index in [2.05, 4.69) is 74.5 Å². The van der Waals surface area contributed by atoms with Gasteiger partial charge in [-0.1, -0.05) is 59.7 Å². The SMILES string of the molecule is Cc1ccc2c(c1)C(c1ccc3oc(=O)ccc3c1)(c1ccc3oc(=O)ccc3c1)c1cc(C)ccc1-2. The maximum atomic E-state index is 11.9. The van der Waals surface area contributed by atoms with Crippen molar-refractivity contribution in [2.45, 2.75) is 19.3 Å². The molecule has 0 amide bonds. The maximum Gasteiger partial charge on any atom is 0.336 e. The molecule has 6 aromatic rings. The predicted octanol–water partition coefficient (Wildman–Crippen LogP) is 6.88. The van der Waals surface area contributed by atoms with Gasteiger partial charge in [0.25, 0.3) is 0 Å². The van der Waals surface area contributed by atoms with Gasteiger partial charge in [0, 0.05) is 22.9 Å². The number of hydrogen-bond acceptors (Lipinski definition) is 4. The van der Waals surface area contributed by atoms with Crippen LogP contribution in [0, 0.1) is 13.8 Å². The lowest BCUT2D eigenvalue weighted by Gasteiger charge is -2.34.